The van der Waals surface area contributed by atoms with Gasteiger partial charge >= 0.3 is 5.97 Å². The highest BCUT2D eigenvalue weighted by molar-refractivity contribution is 5.98. The smallest absolute Gasteiger partial charge is 0.326 e. The van der Waals surface area contributed by atoms with Crippen molar-refractivity contribution in [3.63, 3.8) is 0 Å². The molecule has 460 valence electrons. The lowest BCUT2D eigenvalue weighted by molar-refractivity contribution is -0.142. The van der Waals surface area contributed by atoms with Gasteiger partial charge in [-0.15, -0.1) is 0 Å². The number of nitrogens with zero attached hydrogens (tertiary/aromatic N) is 2. The Bertz CT molecular complexity index is 2770. The van der Waals surface area contributed by atoms with Gasteiger partial charge in [-0.1, -0.05) is 121 Å². The third-order valence-corrected chi connectivity index (χ3v) is 13.7. The number of rotatable bonds is 39. The summed E-state index contributed by atoms with van der Waals surface area (Å²) in [5.41, 5.74) is 42.9. The van der Waals surface area contributed by atoms with E-state index in [2.05, 4.69) is 47.2 Å². The lowest BCUT2D eigenvalue weighted by Gasteiger charge is -2.28. The highest BCUT2D eigenvalue weighted by atomic mass is 16.4. The number of amides is 7. The minimum atomic E-state index is -1.39. The predicted octanol–water partition coefficient (Wildman–Crippen LogP) is -0.872. The Kier molecular flexibility index (Phi) is 30.7. The minimum Gasteiger partial charge on any atom is -0.480 e. The number of aliphatic imine (C=N–C) groups is 2. The Morgan fingerprint density at radius 2 is 0.612 bits per heavy atom. The van der Waals surface area contributed by atoms with Gasteiger partial charge in [-0.2, -0.15) is 0 Å². The van der Waals surface area contributed by atoms with E-state index in [4.69, 9.17) is 40.1 Å². The van der Waals surface area contributed by atoms with Crippen molar-refractivity contribution in [1.82, 2.24) is 37.2 Å². The average molecular weight is 1180 g/mol. The molecule has 0 saturated heterocycles. The summed E-state index contributed by atoms with van der Waals surface area (Å²) >= 11 is 0. The number of carbonyl (C=O) groups is 8. The first-order chi connectivity index (χ1) is 40.9. The average Bonchev–Trinajstić information content (AvgIpc) is 3.58. The van der Waals surface area contributed by atoms with Crippen LogP contribution in [0.5, 0.6) is 0 Å². The summed E-state index contributed by atoms with van der Waals surface area (Å²) < 4.78 is 0. The Balaban J connectivity index is 1.67. The largest absolute Gasteiger partial charge is 0.480 e. The molecular weight excluding hydrogens is 1090 g/mol. The Morgan fingerprint density at radius 1 is 0.353 bits per heavy atom. The summed E-state index contributed by atoms with van der Waals surface area (Å²) in [6.45, 7) is 0.764. The highest BCUT2D eigenvalue weighted by Gasteiger charge is 2.35. The van der Waals surface area contributed by atoms with Crippen LogP contribution in [-0.2, 0) is 64.0 Å². The highest BCUT2D eigenvalue weighted by Crippen LogP contribution is 2.13. The van der Waals surface area contributed by atoms with Crippen LogP contribution in [0.1, 0.15) is 86.5 Å². The van der Waals surface area contributed by atoms with Crippen molar-refractivity contribution < 1.29 is 43.5 Å². The van der Waals surface area contributed by atoms with Crippen molar-refractivity contribution in [1.29, 1.82) is 0 Å². The topological polar surface area (TPSA) is 448 Å². The standard InChI is InChI=1S/C60H86N16O9/c61-31-15-13-27-44(71-55(81)48(36-40-21-7-2-8-22-40)75-53(79)45(29-17-33-68-59(64)65)70-51(77)43(63)35-39-19-5-1-6-20-39)52(78)74-49(37-41-23-9-3-10-24-41)56(82)72-46(30-18-34-69-60(66)67)54(80)76-50(38-42-25-11-4-12-26-42)57(83)73-47(58(84)85)28-14-16-32-62/h1-12,19-26,43-50H,13-18,27-38,61-63H2,(H,70,77)(H,71,81)(H,72,82)(H,73,83)(H,74,78)(H,75,79)(H,76,80)(H,84,85)(H4,64,65,68)(H4,66,67,69)/t43-,44-,45+,46+,47-,48-,49-,50-/m0/s1. The SMILES string of the molecule is NCCCC[C@H](NC(=O)[C@H](Cc1ccccc1)NC(=O)[C@@H](CCCN=C(N)N)NC(=O)[C@H](Cc1ccccc1)NC(=O)[C@H](CCCCN)NC(=O)[C@H](Cc1ccccc1)NC(=O)[C@@H](CCCN=C(N)N)NC(=O)[C@@H](N)Cc1ccccc1)C(=O)O. The first-order valence-corrected chi connectivity index (χ1v) is 28.6. The van der Waals surface area contributed by atoms with Gasteiger partial charge in [0.25, 0.3) is 0 Å². The van der Waals surface area contributed by atoms with Gasteiger partial charge in [-0.3, -0.25) is 43.5 Å². The zero-order valence-electron chi connectivity index (χ0n) is 48.0. The van der Waals surface area contributed by atoms with Crippen molar-refractivity contribution in [3.05, 3.63) is 144 Å². The number of hydrogen-bond donors (Lipinski definition) is 15. The number of carboxylic acid groups (broad SMARTS) is 1. The molecule has 0 bridgehead atoms. The van der Waals surface area contributed by atoms with Crippen LogP contribution in [0.4, 0.5) is 0 Å². The fourth-order valence-electron chi connectivity index (χ4n) is 9.11. The van der Waals surface area contributed by atoms with Crippen LogP contribution in [0.2, 0.25) is 0 Å². The maximum atomic E-state index is 14.8. The van der Waals surface area contributed by atoms with Crippen molar-refractivity contribution >= 4 is 59.2 Å². The van der Waals surface area contributed by atoms with E-state index in [1.54, 1.807) is 91.0 Å². The fraction of sp³-hybridized carbons (Fsp3) is 0.433. The molecule has 4 aromatic rings. The zero-order valence-corrected chi connectivity index (χ0v) is 48.0. The van der Waals surface area contributed by atoms with E-state index in [-0.39, 0.29) is 95.8 Å². The Hall–Kier alpha value is -8.94. The van der Waals surface area contributed by atoms with E-state index in [0.717, 1.165) is 5.56 Å². The summed E-state index contributed by atoms with van der Waals surface area (Å²) in [5, 5.41) is 29.3. The summed E-state index contributed by atoms with van der Waals surface area (Å²) in [6.07, 6.45) is 2.25. The quantitative estimate of drug-likeness (QED) is 0.0147. The number of unbranched alkanes of at least 4 members (excludes halogenated alkanes) is 2. The summed E-state index contributed by atoms with van der Waals surface area (Å²) in [5.74, 6) is -6.93. The second-order valence-corrected chi connectivity index (χ2v) is 20.6. The van der Waals surface area contributed by atoms with Gasteiger partial charge in [0, 0.05) is 32.4 Å². The van der Waals surface area contributed by atoms with Crippen LogP contribution in [0.3, 0.4) is 0 Å². The lowest BCUT2D eigenvalue weighted by Crippen LogP contribution is -2.60. The molecule has 0 aromatic heterocycles. The third kappa shape index (κ3) is 26.5. The molecule has 0 radical (unpaired) electrons. The van der Waals surface area contributed by atoms with Gasteiger partial charge in [0.05, 0.1) is 6.04 Å². The molecule has 0 aliphatic rings. The second-order valence-electron chi connectivity index (χ2n) is 20.6. The van der Waals surface area contributed by atoms with Gasteiger partial charge in [0.15, 0.2) is 11.9 Å². The predicted molar refractivity (Wildman–Crippen MR) is 325 cm³/mol. The summed E-state index contributed by atoms with van der Waals surface area (Å²) in [7, 11) is 0. The number of nitrogens with two attached hydrogens (primary N) is 7. The van der Waals surface area contributed by atoms with E-state index >= 15 is 0 Å². The van der Waals surface area contributed by atoms with Gasteiger partial charge in [-0.05, 0) is 106 Å². The fourth-order valence-corrected chi connectivity index (χ4v) is 9.11. The molecule has 7 amide bonds. The van der Waals surface area contributed by atoms with Crippen LogP contribution in [0.25, 0.3) is 0 Å². The van der Waals surface area contributed by atoms with Gasteiger partial charge in [-0.25, -0.2) is 4.79 Å². The molecule has 4 rings (SSSR count). The molecule has 85 heavy (non-hydrogen) atoms. The molecule has 25 heteroatoms. The molecule has 4 aromatic carbocycles. The molecule has 0 aliphatic carbocycles. The minimum absolute atomic E-state index is 0.0413. The first kappa shape index (κ1) is 68.6. The number of guanidine groups is 2. The van der Waals surface area contributed by atoms with E-state index in [1.807, 2.05) is 30.3 Å². The van der Waals surface area contributed by atoms with Gasteiger partial charge < -0.3 is 82.5 Å². The van der Waals surface area contributed by atoms with Crippen LogP contribution < -0.4 is 77.4 Å². The third-order valence-electron chi connectivity index (χ3n) is 13.7. The number of hydrogen-bond acceptors (Lipinski definition) is 13. The van der Waals surface area contributed by atoms with Crippen LogP contribution in [0, 0.1) is 0 Å². The maximum Gasteiger partial charge on any atom is 0.326 e. The van der Waals surface area contributed by atoms with Crippen LogP contribution >= 0.6 is 0 Å². The Labute approximate surface area is 496 Å². The van der Waals surface area contributed by atoms with Crippen molar-refractivity contribution in [3.8, 4) is 0 Å². The van der Waals surface area contributed by atoms with E-state index in [0.29, 0.717) is 48.9 Å². The molecule has 0 spiro atoms. The van der Waals surface area contributed by atoms with E-state index in [9.17, 15) is 43.5 Å². The van der Waals surface area contributed by atoms with Crippen molar-refractivity contribution in [2.75, 3.05) is 26.2 Å². The van der Waals surface area contributed by atoms with Crippen molar-refractivity contribution in [2.24, 2.45) is 50.1 Å². The number of nitrogens with one attached hydrogen (secondary N) is 7. The van der Waals surface area contributed by atoms with E-state index < -0.39 is 95.7 Å². The number of benzene rings is 4. The number of carbonyl (C=O) groups excluding carboxylic acids is 7. The molecule has 0 saturated carbocycles. The number of carboxylic acids is 1. The zero-order chi connectivity index (χ0) is 61.9. The molecule has 0 unspecified atom stereocenters. The summed E-state index contributed by atoms with van der Waals surface area (Å²) in [4.78, 5) is 121. The Morgan fingerprint density at radius 3 is 0.918 bits per heavy atom. The second kappa shape index (κ2) is 38.0. The van der Waals surface area contributed by atoms with Crippen LogP contribution in [0.15, 0.2) is 131 Å². The van der Waals surface area contributed by atoms with Gasteiger partial charge in [0.1, 0.15) is 42.3 Å². The van der Waals surface area contributed by atoms with Crippen molar-refractivity contribution in [2.45, 2.75) is 138 Å². The lowest BCUT2D eigenvalue weighted by atomic mass is 10.0. The molecule has 0 heterocycles. The molecule has 25 nitrogen and oxygen atoms in total. The first-order valence-electron chi connectivity index (χ1n) is 28.6. The molecule has 8 atom stereocenters. The molecule has 22 N–H and O–H groups in total. The summed E-state index contributed by atoms with van der Waals surface area (Å²) in [6, 6.07) is 25.2. The van der Waals surface area contributed by atoms with E-state index in [1.165, 1.54) is 0 Å². The molecule has 0 aliphatic heterocycles. The molecule has 0 fully saturated rings. The molecular formula is C60H86N16O9. The van der Waals surface area contributed by atoms with Gasteiger partial charge in [0.2, 0.25) is 41.4 Å². The normalized spacial score (nSPS) is 13.7. The number of aliphatic carboxylic acids is 1. The maximum absolute atomic E-state index is 14.8. The monoisotopic (exact) mass is 1170 g/mol. The van der Waals surface area contributed by atoms with Crippen LogP contribution in [-0.4, -0.2) is 139 Å².